The van der Waals surface area contributed by atoms with E-state index in [9.17, 15) is 0 Å². The monoisotopic (exact) mass is 271 g/mol. The third-order valence-corrected chi connectivity index (χ3v) is 3.07. The molecule has 0 aliphatic carbocycles. The SMILES string of the molecule is Cc1cccc(CN(C)c2ccc(Cl)cc2C#N)n1. The number of pyridine rings is 1. The minimum absolute atomic E-state index is 0.572. The minimum Gasteiger partial charge on any atom is -0.368 e. The molecule has 3 nitrogen and oxygen atoms in total. The van der Waals surface area contributed by atoms with Gasteiger partial charge in [0.05, 0.1) is 23.5 Å². The van der Waals surface area contributed by atoms with E-state index in [0.717, 1.165) is 17.1 Å². The average Bonchev–Trinajstić information content (AvgIpc) is 2.38. The molecule has 0 amide bonds. The van der Waals surface area contributed by atoms with E-state index in [1.165, 1.54) is 0 Å². The Bertz CT molecular complexity index is 632. The molecular weight excluding hydrogens is 258 g/mol. The molecule has 0 radical (unpaired) electrons. The molecule has 0 bridgehead atoms. The predicted molar refractivity (Wildman–Crippen MR) is 77.2 cm³/mol. The maximum atomic E-state index is 9.15. The van der Waals surface area contributed by atoms with E-state index < -0.39 is 0 Å². The van der Waals surface area contributed by atoms with Crippen molar-refractivity contribution in [2.75, 3.05) is 11.9 Å². The lowest BCUT2D eigenvalue weighted by Crippen LogP contribution is -2.18. The van der Waals surface area contributed by atoms with Gasteiger partial charge in [-0.05, 0) is 37.3 Å². The van der Waals surface area contributed by atoms with Crippen molar-refractivity contribution in [1.82, 2.24) is 4.98 Å². The number of rotatable bonds is 3. The van der Waals surface area contributed by atoms with Crippen LogP contribution < -0.4 is 4.90 Å². The fraction of sp³-hybridized carbons (Fsp3) is 0.200. The Labute approximate surface area is 118 Å². The molecule has 1 heterocycles. The standard InChI is InChI=1S/C15H14ClN3/c1-11-4-3-5-14(18-11)10-19(2)15-7-6-13(16)8-12(15)9-17/h3-8H,10H2,1-2H3. The van der Waals surface area contributed by atoms with Crippen molar-refractivity contribution in [3.8, 4) is 6.07 Å². The van der Waals surface area contributed by atoms with Crippen LogP contribution in [0.15, 0.2) is 36.4 Å². The van der Waals surface area contributed by atoms with E-state index >= 15 is 0 Å². The number of benzene rings is 1. The number of hydrogen-bond donors (Lipinski definition) is 0. The van der Waals surface area contributed by atoms with Crippen LogP contribution in [0.4, 0.5) is 5.69 Å². The number of aryl methyl sites for hydroxylation is 1. The Hall–Kier alpha value is -2.05. The van der Waals surface area contributed by atoms with Crippen LogP contribution in [0.2, 0.25) is 5.02 Å². The van der Waals surface area contributed by atoms with Gasteiger partial charge in [-0.2, -0.15) is 5.26 Å². The fourth-order valence-electron chi connectivity index (χ4n) is 1.95. The van der Waals surface area contributed by atoms with Gasteiger partial charge in [-0.25, -0.2) is 0 Å². The maximum Gasteiger partial charge on any atom is 0.101 e. The second kappa shape index (κ2) is 5.73. The molecule has 0 atom stereocenters. The van der Waals surface area contributed by atoms with Crippen molar-refractivity contribution < 1.29 is 0 Å². The lowest BCUT2D eigenvalue weighted by Gasteiger charge is -2.20. The van der Waals surface area contributed by atoms with Crippen molar-refractivity contribution in [3.63, 3.8) is 0 Å². The number of halogens is 1. The van der Waals surface area contributed by atoms with Crippen molar-refractivity contribution in [2.24, 2.45) is 0 Å². The van der Waals surface area contributed by atoms with Crippen LogP contribution >= 0.6 is 11.6 Å². The van der Waals surface area contributed by atoms with E-state index in [4.69, 9.17) is 16.9 Å². The van der Waals surface area contributed by atoms with Gasteiger partial charge in [-0.15, -0.1) is 0 Å². The number of nitriles is 1. The van der Waals surface area contributed by atoms with Gasteiger partial charge in [0.15, 0.2) is 0 Å². The Morgan fingerprint density at radius 2 is 2.11 bits per heavy atom. The van der Waals surface area contributed by atoms with Crippen LogP contribution in [0.1, 0.15) is 17.0 Å². The van der Waals surface area contributed by atoms with Gasteiger partial charge in [-0.1, -0.05) is 17.7 Å². The molecule has 1 aromatic carbocycles. The summed E-state index contributed by atoms with van der Waals surface area (Å²) >= 11 is 5.90. The summed E-state index contributed by atoms with van der Waals surface area (Å²) in [6.45, 7) is 2.62. The summed E-state index contributed by atoms with van der Waals surface area (Å²) in [6.07, 6.45) is 0. The van der Waals surface area contributed by atoms with Crippen LogP contribution in [0.25, 0.3) is 0 Å². The maximum absolute atomic E-state index is 9.15. The fourth-order valence-corrected chi connectivity index (χ4v) is 2.12. The zero-order valence-electron chi connectivity index (χ0n) is 10.9. The first kappa shape index (κ1) is 13.4. The summed E-state index contributed by atoms with van der Waals surface area (Å²) in [5.74, 6) is 0. The van der Waals surface area contributed by atoms with Crippen LogP contribution in [0, 0.1) is 18.3 Å². The largest absolute Gasteiger partial charge is 0.368 e. The van der Waals surface area contributed by atoms with Crippen molar-refractivity contribution in [1.29, 1.82) is 5.26 Å². The van der Waals surface area contributed by atoms with Gasteiger partial charge < -0.3 is 4.90 Å². The molecular formula is C15H14ClN3. The molecule has 0 saturated carbocycles. The molecule has 4 heteroatoms. The van der Waals surface area contributed by atoms with E-state index in [1.54, 1.807) is 12.1 Å². The minimum atomic E-state index is 0.572. The second-order valence-electron chi connectivity index (χ2n) is 4.40. The molecule has 0 N–H and O–H groups in total. The number of aromatic nitrogens is 1. The molecule has 0 aliphatic rings. The third kappa shape index (κ3) is 3.24. The van der Waals surface area contributed by atoms with Gasteiger partial charge in [0.2, 0.25) is 0 Å². The predicted octanol–water partition coefficient (Wildman–Crippen LogP) is 3.55. The van der Waals surface area contributed by atoms with Crippen LogP contribution in [0.3, 0.4) is 0 Å². The van der Waals surface area contributed by atoms with Gasteiger partial charge in [0, 0.05) is 17.8 Å². The number of anilines is 1. The quantitative estimate of drug-likeness (QED) is 0.857. The molecule has 19 heavy (non-hydrogen) atoms. The van der Waals surface area contributed by atoms with Crippen molar-refractivity contribution in [2.45, 2.75) is 13.5 Å². The second-order valence-corrected chi connectivity index (χ2v) is 4.84. The van der Waals surface area contributed by atoms with Crippen LogP contribution in [0.5, 0.6) is 0 Å². The number of nitrogens with zero attached hydrogens (tertiary/aromatic N) is 3. The van der Waals surface area contributed by atoms with Crippen molar-refractivity contribution >= 4 is 17.3 Å². The normalized spacial score (nSPS) is 10.0. The zero-order chi connectivity index (χ0) is 13.8. The summed E-state index contributed by atoms with van der Waals surface area (Å²) in [6, 6.07) is 13.4. The molecule has 96 valence electrons. The summed E-state index contributed by atoms with van der Waals surface area (Å²) in [5, 5.41) is 9.72. The first-order chi connectivity index (χ1) is 9.10. The molecule has 0 saturated heterocycles. The van der Waals surface area contributed by atoms with Gasteiger partial charge in [-0.3, -0.25) is 4.98 Å². The van der Waals surface area contributed by atoms with Gasteiger partial charge >= 0.3 is 0 Å². The van der Waals surface area contributed by atoms with Gasteiger partial charge in [0.1, 0.15) is 6.07 Å². The summed E-state index contributed by atoms with van der Waals surface area (Å²) in [5.41, 5.74) is 3.39. The average molecular weight is 272 g/mol. The van der Waals surface area contributed by atoms with Crippen LogP contribution in [-0.4, -0.2) is 12.0 Å². The highest BCUT2D eigenvalue weighted by Gasteiger charge is 2.09. The Balaban J connectivity index is 2.25. The highest BCUT2D eigenvalue weighted by Crippen LogP contribution is 2.23. The van der Waals surface area contributed by atoms with E-state index in [1.807, 2.05) is 43.1 Å². The molecule has 0 aliphatic heterocycles. The van der Waals surface area contributed by atoms with E-state index in [-0.39, 0.29) is 0 Å². The topological polar surface area (TPSA) is 39.9 Å². The highest BCUT2D eigenvalue weighted by atomic mass is 35.5. The van der Waals surface area contributed by atoms with Crippen LogP contribution in [-0.2, 0) is 6.54 Å². The first-order valence-corrected chi connectivity index (χ1v) is 6.31. The van der Waals surface area contributed by atoms with E-state index in [2.05, 4.69) is 11.1 Å². The molecule has 2 rings (SSSR count). The molecule has 0 unspecified atom stereocenters. The Kier molecular flexibility index (Phi) is 4.03. The first-order valence-electron chi connectivity index (χ1n) is 5.93. The summed E-state index contributed by atoms with van der Waals surface area (Å²) in [7, 11) is 1.94. The lowest BCUT2D eigenvalue weighted by molar-refractivity contribution is 0.875. The van der Waals surface area contributed by atoms with Crippen molar-refractivity contribution in [3.05, 3.63) is 58.4 Å². The summed E-state index contributed by atoms with van der Waals surface area (Å²) in [4.78, 5) is 6.46. The molecule has 2 aromatic rings. The number of hydrogen-bond acceptors (Lipinski definition) is 3. The van der Waals surface area contributed by atoms with Gasteiger partial charge in [0.25, 0.3) is 0 Å². The molecule has 0 spiro atoms. The van der Waals surface area contributed by atoms with E-state index in [0.29, 0.717) is 17.1 Å². The molecule has 1 aromatic heterocycles. The lowest BCUT2D eigenvalue weighted by atomic mass is 10.1. The molecule has 0 fully saturated rings. The summed E-state index contributed by atoms with van der Waals surface area (Å²) < 4.78 is 0. The zero-order valence-corrected chi connectivity index (χ0v) is 11.6. The Morgan fingerprint density at radius 3 is 2.79 bits per heavy atom. The smallest absolute Gasteiger partial charge is 0.101 e. The highest BCUT2D eigenvalue weighted by molar-refractivity contribution is 6.30. The Morgan fingerprint density at radius 1 is 1.32 bits per heavy atom. The third-order valence-electron chi connectivity index (χ3n) is 2.84.